The zero-order chi connectivity index (χ0) is 20.2. The fraction of sp³-hybridized carbons (Fsp3) is 0.565. The van der Waals surface area contributed by atoms with Crippen molar-refractivity contribution in [2.75, 3.05) is 52.9 Å². The molecule has 6 nitrogen and oxygen atoms in total. The zero-order valence-corrected chi connectivity index (χ0v) is 17.3. The lowest BCUT2D eigenvalue weighted by molar-refractivity contribution is 0.0216. The summed E-state index contributed by atoms with van der Waals surface area (Å²) in [4.78, 5) is 24.8. The van der Waals surface area contributed by atoms with Gasteiger partial charge in [-0.3, -0.25) is 14.7 Å². The highest BCUT2D eigenvalue weighted by atomic mass is 16.3. The third-order valence-corrected chi connectivity index (χ3v) is 6.60. The van der Waals surface area contributed by atoms with E-state index < -0.39 is 0 Å². The predicted molar refractivity (Wildman–Crippen MR) is 115 cm³/mol. The van der Waals surface area contributed by atoms with Crippen LogP contribution in [-0.4, -0.2) is 89.7 Å². The quantitative estimate of drug-likeness (QED) is 0.839. The number of carbonyl (C=O) groups is 1. The Morgan fingerprint density at radius 3 is 2.72 bits per heavy atom. The van der Waals surface area contributed by atoms with Gasteiger partial charge in [0.2, 0.25) is 0 Å². The van der Waals surface area contributed by atoms with Crippen LogP contribution in [0.4, 0.5) is 0 Å². The van der Waals surface area contributed by atoms with Gasteiger partial charge in [0.1, 0.15) is 5.69 Å². The lowest BCUT2D eigenvalue weighted by Crippen LogP contribution is -2.57. The average molecular weight is 397 g/mol. The number of piperazine rings is 1. The van der Waals surface area contributed by atoms with Crippen molar-refractivity contribution in [1.29, 1.82) is 0 Å². The van der Waals surface area contributed by atoms with Crippen LogP contribution in [0.2, 0.25) is 0 Å². The monoisotopic (exact) mass is 396 g/mol. The number of amides is 1. The van der Waals surface area contributed by atoms with Crippen LogP contribution < -0.4 is 0 Å². The predicted octanol–water partition coefficient (Wildman–Crippen LogP) is 2.09. The molecular weight excluding hydrogens is 364 g/mol. The van der Waals surface area contributed by atoms with Gasteiger partial charge in [-0.15, -0.1) is 0 Å². The third-order valence-electron chi connectivity index (χ3n) is 6.60. The Bertz CT molecular complexity index is 829. The molecule has 1 N–H and O–H groups in total. The van der Waals surface area contributed by atoms with E-state index in [4.69, 9.17) is 0 Å². The Morgan fingerprint density at radius 1 is 1.14 bits per heavy atom. The van der Waals surface area contributed by atoms with Gasteiger partial charge in [-0.2, -0.15) is 0 Å². The van der Waals surface area contributed by atoms with E-state index in [9.17, 15) is 9.90 Å². The number of hydrogen-bond donors (Lipinski definition) is 1. The van der Waals surface area contributed by atoms with Crippen molar-refractivity contribution in [2.24, 2.45) is 5.92 Å². The van der Waals surface area contributed by atoms with Crippen LogP contribution in [-0.2, 0) is 0 Å². The smallest absolute Gasteiger partial charge is 0.273 e. The molecule has 1 aromatic carbocycles. The number of pyridine rings is 1. The Labute approximate surface area is 173 Å². The number of aliphatic hydroxyl groups is 1. The second-order valence-corrected chi connectivity index (χ2v) is 8.45. The highest BCUT2D eigenvalue weighted by Crippen LogP contribution is 2.28. The second kappa shape index (κ2) is 9.20. The largest absolute Gasteiger partial charge is 0.396 e. The second-order valence-electron chi connectivity index (χ2n) is 8.45. The summed E-state index contributed by atoms with van der Waals surface area (Å²) in [6, 6.07) is 10.4. The van der Waals surface area contributed by atoms with Gasteiger partial charge in [0.25, 0.3) is 5.91 Å². The van der Waals surface area contributed by atoms with E-state index in [2.05, 4.69) is 21.8 Å². The summed E-state index contributed by atoms with van der Waals surface area (Å²) < 4.78 is 0. The van der Waals surface area contributed by atoms with E-state index in [1.54, 1.807) is 6.20 Å². The molecular formula is C23H32N4O2. The maximum atomic E-state index is 13.4. The molecule has 156 valence electrons. The van der Waals surface area contributed by atoms with E-state index in [1.165, 1.54) is 0 Å². The fourth-order valence-electron chi connectivity index (χ4n) is 4.92. The van der Waals surface area contributed by atoms with E-state index in [0.29, 0.717) is 17.7 Å². The molecule has 0 aliphatic carbocycles. The summed E-state index contributed by atoms with van der Waals surface area (Å²) in [6.07, 6.45) is 4.48. The summed E-state index contributed by atoms with van der Waals surface area (Å²) in [5.41, 5.74) is 0.557. The Morgan fingerprint density at radius 2 is 1.93 bits per heavy atom. The van der Waals surface area contributed by atoms with Gasteiger partial charge in [-0.05, 0) is 43.7 Å². The Hall–Kier alpha value is -2.02. The average Bonchev–Trinajstić information content (AvgIpc) is 2.77. The maximum absolute atomic E-state index is 13.4. The first-order chi connectivity index (χ1) is 14.2. The van der Waals surface area contributed by atoms with Crippen LogP contribution in [0, 0.1) is 5.92 Å². The van der Waals surface area contributed by atoms with Gasteiger partial charge in [-0.1, -0.05) is 24.3 Å². The van der Waals surface area contributed by atoms with Crippen molar-refractivity contribution in [3.05, 3.63) is 42.2 Å². The van der Waals surface area contributed by atoms with Crippen LogP contribution in [0.25, 0.3) is 10.8 Å². The number of likely N-dealkylation sites (tertiary alicyclic amines) is 1. The highest BCUT2D eigenvalue weighted by molar-refractivity contribution is 6.05. The number of likely N-dealkylation sites (N-methyl/N-ethyl adjacent to an activating group) is 1. The minimum atomic E-state index is 0.0348. The van der Waals surface area contributed by atoms with Gasteiger partial charge < -0.3 is 14.9 Å². The number of aliphatic hydroxyl groups excluding tert-OH is 1. The summed E-state index contributed by atoms with van der Waals surface area (Å²) in [5, 5.41) is 11.4. The number of nitrogens with zero attached hydrogens (tertiary/aromatic N) is 4. The molecule has 2 fully saturated rings. The van der Waals surface area contributed by atoms with Crippen molar-refractivity contribution in [2.45, 2.75) is 25.3 Å². The number of aromatic nitrogens is 1. The van der Waals surface area contributed by atoms with E-state index >= 15 is 0 Å². The molecule has 0 spiro atoms. The van der Waals surface area contributed by atoms with Crippen LogP contribution in [0.15, 0.2) is 36.5 Å². The molecule has 4 rings (SSSR count). The first-order valence-corrected chi connectivity index (χ1v) is 10.8. The molecule has 2 atom stereocenters. The summed E-state index contributed by atoms with van der Waals surface area (Å²) in [7, 11) is 2.18. The number of benzene rings is 1. The molecule has 3 heterocycles. The zero-order valence-electron chi connectivity index (χ0n) is 17.3. The molecule has 29 heavy (non-hydrogen) atoms. The fourth-order valence-corrected chi connectivity index (χ4v) is 4.92. The molecule has 2 aromatic rings. The summed E-state index contributed by atoms with van der Waals surface area (Å²) in [5.74, 6) is 0.436. The van der Waals surface area contributed by atoms with Crippen LogP contribution in [0.3, 0.4) is 0 Å². The third kappa shape index (κ3) is 4.44. The molecule has 0 radical (unpaired) electrons. The number of carbonyl (C=O) groups excluding carboxylic acids is 1. The first-order valence-electron chi connectivity index (χ1n) is 10.8. The van der Waals surface area contributed by atoms with Crippen LogP contribution >= 0.6 is 0 Å². The van der Waals surface area contributed by atoms with Crippen LogP contribution in [0.5, 0.6) is 0 Å². The molecule has 2 saturated heterocycles. The van der Waals surface area contributed by atoms with Gasteiger partial charge in [0, 0.05) is 63.5 Å². The highest BCUT2D eigenvalue weighted by Gasteiger charge is 2.36. The minimum absolute atomic E-state index is 0.0348. The molecule has 2 aliphatic heterocycles. The van der Waals surface area contributed by atoms with Gasteiger partial charge in [0.05, 0.1) is 0 Å². The van der Waals surface area contributed by atoms with E-state index in [0.717, 1.165) is 69.3 Å². The standard InChI is InChI=1S/C23H32N4O2/c1-25-12-14-26(15-13-25)21-9-11-27(17-19(21)6-4-16-28)23(29)22-20-7-3-2-5-18(20)8-10-24-22/h2-3,5,7-8,10,19,21,28H,4,6,9,11-17H2,1H3/t19-,21+/m1/s1. The van der Waals surface area contributed by atoms with E-state index in [1.807, 2.05) is 35.2 Å². The normalized spacial score (nSPS) is 24.1. The molecule has 1 amide bonds. The van der Waals surface area contributed by atoms with Crippen molar-refractivity contribution >= 4 is 16.7 Å². The topological polar surface area (TPSA) is 59.9 Å². The lowest BCUT2D eigenvalue weighted by atomic mass is 9.86. The van der Waals surface area contributed by atoms with Crippen molar-refractivity contribution in [1.82, 2.24) is 19.7 Å². The minimum Gasteiger partial charge on any atom is -0.396 e. The van der Waals surface area contributed by atoms with Crippen molar-refractivity contribution < 1.29 is 9.90 Å². The molecule has 0 saturated carbocycles. The van der Waals surface area contributed by atoms with Crippen LogP contribution in [0.1, 0.15) is 29.8 Å². The molecule has 1 aromatic heterocycles. The number of fused-ring (bicyclic) bond motifs is 1. The number of rotatable bonds is 5. The Balaban J connectivity index is 1.51. The van der Waals surface area contributed by atoms with E-state index in [-0.39, 0.29) is 12.5 Å². The first kappa shape index (κ1) is 20.3. The summed E-state index contributed by atoms with van der Waals surface area (Å²) >= 11 is 0. The SMILES string of the molecule is CN1CCN([C@H]2CCN(C(=O)c3nccc4ccccc34)C[C@H]2CCCO)CC1. The molecule has 0 unspecified atom stereocenters. The number of hydrogen-bond acceptors (Lipinski definition) is 5. The molecule has 0 bridgehead atoms. The Kier molecular flexibility index (Phi) is 6.43. The molecule has 2 aliphatic rings. The van der Waals surface area contributed by atoms with Gasteiger partial charge in [0.15, 0.2) is 0 Å². The lowest BCUT2D eigenvalue weighted by Gasteiger charge is -2.46. The number of piperidine rings is 1. The van der Waals surface area contributed by atoms with Gasteiger partial charge >= 0.3 is 0 Å². The molecule has 6 heteroatoms. The summed E-state index contributed by atoms with van der Waals surface area (Å²) in [6.45, 7) is 6.13. The maximum Gasteiger partial charge on any atom is 0.273 e. The van der Waals surface area contributed by atoms with Crippen molar-refractivity contribution in [3.63, 3.8) is 0 Å². The van der Waals surface area contributed by atoms with Gasteiger partial charge in [-0.25, -0.2) is 0 Å². The van der Waals surface area contributed by atoms with Crippen molar-refractivity contribution in [3.8, 4) is 0 Å².